The molecule has 1 amide bonds. The lowest BCUT2D eigenvalue weighted by Crippen LogP contribution is -2.27. The highest BCUT2D eigenvalue weighted by molar-refractivity contribution is 7.82. The Kier molecular flexibility index (Phi) is 3.41. The van der Waals surface area contributed by atoms with E-state index in [-0.39, 0.29) is 4.99 Å². The summed E-state index contributed by atoms with van der Waals surface area (Å²) in [6.45, 7) is 0. The van der Waals surface area contributed by atoms with E-state index in [1.165, 1.54) is 0 Å². The predicted molar refractivity (Wildman–Crippen MR) is 58.4 cm³/mol. The van der Waals surface area contributed by atoms with Gasteiger partial charge in [0.15, 0.2) is 4.99 Å². The molecule has 1 rings (SSSR count). The maximum atomic E-state index is 10.6. The first-order chi connectivity index (χ1) is 6.63. The zero-order chi connectivity index (χ0) is 10.6. The molecule has 0 radical (unpaired) electrons. The number of thiocarbonyl (C=S) groups is 1. The fourth-order valence-corrected chi connectivity index (χ4v) is 0.985. The monoisotopic (exact) mass is 210 g/mol. The van der Waals surface area contributed by atoms with Crippen molar-refractivity contribution >= 4 is 28.8 Å². The van der Waals surface area contributed by atoms with Gasteiger partial charge in [0.2, 0.25) is 0 Å². The van der Waals surface area contributed by atoms with E-state index in [0.717, 1.165) is 5.75 Å². The molecule has 4 nitrogen and oxygen atoms in total. The molecule has 0 aromatic heterocycles. The molecule has 0 aliphatic rings. The summed E-state index contributed by atoms with van der Waals surface area (Å²) < 4.78 is 4.97. The molecule has 0 spiro atoms. The number of hydrogen-bond acceptors (Lipinski definition) is 3. The van der Waals surface area contributed by atoms with Crippen LogP contribution in [0, 0.1) is 0 Å². The van der Waals surface area contributed by atoms with E-state index in [1.807, 2.05) is 0 Å². The fraction of sp³-hybridized carbons (Fsp3) is 0.111. The number of benzene rings is 1. The summed E-state index contributed by atoms with van der Waals surface area (Å²) in [5, 5.41) is 2.69. The number of ether oxygens (including phenoxy) is 1. The van der Waals surface area contributed by atoms with E-state index in [2.05, 4.69) is 5.32 Å². The van der Waals surface area contributed by atoms with Crippen molar-refractivity contribution in [3.05, 3.63) is 24.3 Å². The van der Waals surface area contributed by atoms with Crippen molar-refractivity contribution in [2.24, 2.45) is 5.73 Å². The van der Waals surface area contributed by atoms with Gasteiger partial charge >= 0.3 is 0 Å². The average molecular weight is 210 g/mol. The van der Waals surface area contributed by atoms with Crippen LogP contribution in [0.4, 0.5) is 5.69 Å². The Hall–Kier alpha value is -1.62. The minimum Gasteiger partial charge on any atom is -0.497 e. The maximum absolute atomic E-state index is 10.6. The van der Waals surface area contributed by atoms with E-state index in [9.17, 15) is 4.79 Å². The number of nitrogens with two attached hydrogens (primary N) is 1. The summed E-state index contributed by atoms with van der Waals surface area (Å²) in [5.41, 5.74) is 5.68. The Balaban J connectivity index is 2.69. The number of nitrogens with one attached hydrogen (secondary N) is 1. The number of hydrogen-bond donors (Lipinski definition) is 2. The second-order valence-corrected chi connectivity index (χ2v) is 2.96. The number of anilines is 1. The zero-order valence-corrected chi connectivity index (χ0v) is 8.43. The Morgan fingerprint density at radius 1 is 1.43 bits per heavy atom. The van der Waals surface area contributed by atoms with Crippen LogP contribution in [0.3, 0.4) is 0 Å². The molecule has 3 N–H and O–H groups in total. The lowest BCUT2D eigenvalue weighted by atomic mass is 10.3. The number of carbonyl (C=O) groups excluding carboxylic acids is 1. The van der Waals surface area contributed by atoms with Gasteiger partial charge in [0.1, 0.15) is 5.75 Å². The molecule has 0 unspecified atom stereocenters. The Bertz CT molecular complexity index is 348. The van der Waals surface area contributed by atoms with Crippen LogP contribution < -0.4 is 15.8 Å². The standard InChI is InChI=1S/C9H10N2O2S/c1-13-7-4-2-6(3-5-7)11-9(14)8(10)12/h2-5H,1H3,(H2,10,12)(H,11,14). The highest BCUT2D eigenvalue weighted by atomic mass is 32.1. The van der Waals surface area contributed by atoms with E-state index in [1.54, 1.807) is 31.4 Å². The number of primary amides is 1. The van der Waals surface area contributed by atoms with Crippen molar-refractivity contribution in [3.8, 4) is 5.75 Å². The molecule has 1 aromatic carbocycles. The number of amides is 1. The molecular formula is C9H10N2O2S. The van der Waals surface area contributed by atoms with Gasteiger partial charge < -0.3 is 15.8 Å². The van der Waals surface area contributed by atoms with Gasteiger partial charge in [0.05, 0.1) is 7.11 Å². The predicted octanol–water partition coefficient (Wildman–Crippen LogP) is 0.920. The van der Waals surface area contributed by atoms with Crippen LogP contribution in [0.25, 0.3) is 0 Å². The summed E-state index contributed by atoms with van der Waals surface area (Å²) in [4.78, 5) is 10.6. The minimum absolute atomic E-state index is 0.00448. The molecule has 5 heteroatoms. The quantitative estimate of drug-likeness (QED) is 0.712. The van der Waals surface area contributed by atoms with E-state index in [0.29, 0.717) is 5.69 Å². The first-order valence-corrected chi connectivity index (χ1v) is 4.29. The summed E-state index contributed by atoms with van der Waals surface area (Å²) in [5.74, 6) is 0.0939. The van der Waals surface area contributed by atoms with Crippen molar-refractivity contribution < 1.29 is 9.53 Å². The van der Waals surface area contributed by atoms with Crippen LogP contribution in [0.5, 0.6) is 5.75 Å². The molecule has 1 aromatic rings. The van der Waals surface area contributed by atoms with Crippen molar-refractivity contribution in [2.45, 2.75) is 0 Å². The van der Waals surface area contributed by atoms with Crippen LogP contribution >= 0.6 is 12.2 Å². The SMILES string of the molecule is COc1ccc(NC(=S)C(N)=O)cc1. The molecule has 0 aliphatic carbocycles. The average Bonchev–Trinajstić information content (AvgIpc) is 2.19. The van der Waals surface area contributed by atoms with Gasteiger partial charge in [0.25, 0.3) is 5.91 Å². The van der Waals surface area contributed by atoms with Crippen LogP contribution in [-0.4, -0.2) is 18.0 Å². The van der Waals surface area contributed by atoms with E-state index >= 15 is 0 Å². The molecular weight excluding hydrogens is 200 g/mol. The summed E-state index contributed by atoms with van der Waals surface area (Å²) in [6.07, 6.45) is 0. The number of methoxy groups -OCH3 is 1. The number of carbonyl (C=O) groups is 1. The second-order valence-electron chi connectivity index (χ2n) is 2.55. The third-order valence-corrected chi connectivity index (χ3v) is 1.87. The van der Waals surface area contributed by atoms with Crippen molar-refractivity contribution in [1.29, 1.82) is 0 Å². The molecule has 14 heavy (non-hydrogen) atoms. The molecule has 0 aliphatic heterocycles. The molecule has 0 atom stereocenters. The van der Waals surface area contributed by atoms with Gasteiger partial charge in [-0.05, 0) is 24.3 Å². The third kappa shape index (κ3) is 2.70. The van der Waals surface area contributed by atoms with Crippen LogP contribution in [-0.2, 0) is 4.79 Å². The smallest absolute Gasteiger partial charge is 0.276 e. The van der Waals surface area contributed by atoms with Crippen LogP contribution in [0.1, 0.15) is 0 Å². The molecule has 74 valence electrons. The van der Waals surface area contributed by atoms with Crippen molar-refractivity contribution in [2.75, 3.05) is 12.4 Å². The van der Waals surface area contributed by atoms with Gasteiger partial charge in [-0.2, -0.15) is 0 Å². The van der Waals surface area contributed by atoms with Gasteiger partial charge in [-0.15, -0.1) is 0 Å². The molecule has 0 saturated heterocycles. The Morgan fingerprint density at radius 2 is 2.00 bits per heavy atom. The second kappa shape index (κ2) is 4.57. The Morgan fingerprint density at radius 3 is 2.43 bits per heavy atom. The fourth-order valence-electron chi connectivity index (χ4n) is 0.867. The van der Waals surface area contributed by atoms with Crippen LogP contribution in [0.15, 0.2) is 24.3 Å². The topological polar surface area (TPSA) is 64.3 Å². The van der Waals surface area contributed by atoms with Crippen LogP contribution in [0.2, 0.25) is 0 Å². The largest absolute Gasteiger partial charge is 0.497 e. The first kappa shape index (κ1) is 10.5. The van der Waals surface area contributed by atoms with Gasteiger partial charge in [-0.1, -0.05) is 12.2 Å². The lowest BCUT2D eigenvalue weighted by Gasteiger charge is -2.05. The maximum Gasteiger partial charge on any atom is 0.276 e. The van der Waals surface area contributed by atoms with Crippen molar-refractivity contribution in [1.82, 2.24) is 0 Å². The third-order valence-electron chi connectivity index (χ3n) is 1.57. The molecule has 0 fully saturated rings. The normalized spacial score (nSPS) is 9.21. The van der Waals surface area contributed by atoms with E-state index < -0.39 is 5.91 Å². The molecule has 0 heterocycles. The summed E-state index contributed by atoms with van der Waals surface area (Å²) >= 11 is 4.70. The van der Waals surface area contributed by atoms with Gasteiger partial charge in [0, 0.05) is 5.69 Å². The van der Waals surface area contributed by atoms with Gasteiger partial charge in [-0.25, -0.2) is 0 Å². The Labute approximate surface area is 87.0 Å². The van der Waals surface area contributed by atoms with Crippen molar-refractivity contribution in [3.63, 3.8) is 0 Å². The summed E-state index contributed by atoms with van der Waals surface area (Å²) in [7, 11) is 1.58. The van der Waals surface area contributed by atoms with E-state index in [4.69, 9.17) is 22.7 Å². The highest BCUT2D eigenvalue weighted by Crippen LogP contribution is 2.14. The lowest BCUT2D eigenvalue weighted by molar-refractivity contribution is -0.111. The highest BCUT2D eigenvalue weighted by Gasteiger charge is 2.03. The molecule has 0 saturated carbocycles. The summed E-state index contributed by atoms with van der Waals surface area (Å²) in [6, 6.07) is 7.00. The zero-order valence-electron chi connectivity index (χ0n) is 7.61. The van der Waals surface area contributed by atoms with Gasteiger partial charge in [-0.3, -0.25) is 4.79 Å². The minimum atomic E-state index is -0.643. The number of rotatable bonds is 2. The molecule has 0 bridgehead atoms. The first-order valence-electron chi connectivity index (χ1n) is 3.88.